The lowest BCUT2D eigenvalue weighted by Gasteiger charge is -2.17. The molecule has 0 heterocycles. The molecule has 0 unspecified atom stereocenters. The summed E-state index contributed by atoms with van der Waals surface area (Å²) in [7, 11) is 3.52. The summed E-state index contributed by atoms with van der Waals surface area (Å²) in [6.45, 7) is 1.02. The van der Waals surface area contributed by atoms with Gasteiger partial charge in [0.05, 0.1) is 19.6 Å². The molecule has 2 amide bonds. The molecule has 0 saturated carbocycles. The number of Topliss-reactive ketones (excluding diaryl/α,β-unsaturated/α-hetero) is 1. The molecule has 176 valence electrons. The number of rotatable bonds is 8. The van der Waals surface area contributed by atoms with E-state index in [2.05, 4.69) is 28.5 Å². The van der Waals surface area contributed by atoms with E-state index in [-0.39, 0.29) is 11.8 Å². The molecule has 0 spiro atoms. The Morgan fingerprint density at radius 1 is 0.971 bits per heavy atom. The summed E-state index contributed by atoms with van der Waals surface area (Å²) in [5, 5.41) is 14.2. The molecule has 0 bridgehead atoms. The zero-order chi connectivity index (χ0) is 25.0. The summed E-state index contributed by atoms with van der Waals surface area (Å²) in [5.74, 6) is 5.98. The van der Waals surface area contributed by atoms with Crippen LogP contribution in [0.25, 0.3) is 0 Å². The smallest absolute Gasteiger partial charge is 0.319 e. The van der Waals surface area contributed by atoms with Crippen molar-refractivity contribution < 1.29 is 14.3 Å². The number of urea groups is 1. The number of hydrogen-bond acceptors (Lipinski definition) is 5. The summed E-state index contributed by atoms with van der Waals surface area (Å²) in [5.41, 5.74) is 3.66. The quantitative estimate of drug-likeness (QED) is 0.374. The summed E-state index contributed by atoms with van der Waals surface area (Å²) in [6, 6.07) is 23.3. The topological polar surface area (TPSA) is 94.5 Å². The van der Waals surface area contributed by atoms with E-state index < -0.39 is 0 Å². The number of carbonyl (C=O) groups is 2. The monoisotopic (exact) mass is 466 g/mol. The van der Waals surface area contributed by atoms with E-state index in [9.17, 15) is 9.59 Å². The molecule has 0 aliphatic heterocycles. The maximum atomic E-state index is 12.4. The van der Waals surface area contributed by atoms with Crippen LogP contribution in [0, 0.1) is 23.2 Å². The predicted molar refractivity (Wildman–Crippen MR) is 136 cm³/mol. The fraction of sp³-hybridized carbons (Fsp3) is 0.179. The van der Waals surface area contributed by atoms with E-state index in [4.69, 9.17) is 10.00 Å². The fourth-order valence-electron chi connectivity index (χ4n) is 3.15. The number of ether oxygens (including phenoxy) is 1. The Morgan fingerprint density at radius 3 is 2.29 bits per heavy atom. The van der Waals surface area contributed by atoms with E-state index >= 15 is 0 Å². The summed E-state index contributed by atoms with van der Waals surface area (Å²) in [4.78, 5) is 26.6. The highest BCUT2D eigenvalue weighted by Gasteiger charge is 2.06. The Balaban J connectivity index is 1.51. The largest absolute Gasteiger partial charge is 0.497 e. The van der Waals surface area contributed by atoms with Crippen LogP contribution < -0.4 is 20.3 Å². The molecule has 7 nitrogen and oxygen atoms in total. The van der Waals surface area contributed by atoms with E-state index in [0.29, 0.717) is 30.8 Å². The van der Waals surface area contributed by atoms with Gasteiger partial charge >= 0.3 is 6.03 Å². The average molecular weight is 467 g/mol. The SMILES string of the molecule is COc1ccc(CNC(=O)Nc2ccc(C(=O)C#Cc3ccc(N(C)CCC#N)cc3)cc2)cc1. The van der Waals surface area contributed by atoms with Gasteiger partial charge in [-0.05, 0) is 72.1 Å². The van der Waals surface area contributed by atoms with Gasteiger partial charge in [-0.25, -0.2) is 4.79 Å². The van der Waals surface area contributed by atoms with Gasteiger partial charge in [0.25, 0.3) is 0 Å². The Labute approximate surface area is 205 Å². The number of carbonyl (C=O) groups excluding carboxylic acids is 2. The number of hydrogen-bond donors (Lipinski definition) is 2. The van der Waals surface area contributed by atoms with Gasteiger partial charge < -0.3 is 20.3 Å². The number of ketones is 1. The minimum absolute atomic E-state index is 0.310. The van der Waals surface area contributed by atoms with Gasteiger partial charge in [-0.1, -0.05) is 18.1 Å². The van der Waals surface area contributed by atoms with E-state index in [0.717, 1.165) is 22.6 Å². The molecule has 35 heavy (non-hydrogen) atoms. The van der Waals surface area contributed by atoms with Crippen molar-refractivity contribution in [2.45, 2.75) is 13.0 Å². The highest BCUT2D eigenvalue weighted by molar-refractivity contribution is 6.09. The first kappa shape index (κ1) is 24.9. The molecule has 0 saturated heterocycles. The molecule has 0 aliphatic carbocycles. The van der Waals surface area contributed by atoms with Gasteiger partial charge in [0, 0.05) is 42.6 Å². The highest BCUT2D eigenvalue weighted by atomic mass is 16.5. The number of amides is 2. The van der Waals surface area contributed by atoms with Gasteiger partial charge in [-0.2, -0.15) is 5.26 Å². The lowest BCUT2D eigenvalue weighted by Crippen LogP contribution is -2.28. The van der Waals surface area contributed by atoms with Crippen molar-refractivity contribution in [3.05, 3.63) is 89.5 Å². The normalized spacial score (nSPS) is 9.74. The highest BCUT2D eigenvalue weighted by Crippen LogP contribution is 2.14. The van der Waals surface area contributed by atoms with Crippen LogP contribution in [-0.4, -0.2) is 32.5 Å². The average Bonchev–Trinajstić information content (AvgIpc) is 2.90. The molecule has 7 heteroatoms. The molecule has 0 atom stereocenters. The number of methoxy groups -OCH3 is 1. The summed E-state index contributed by atoms with van der Waals surface area (Å²) < 4.78 is 5.12. The van der Waals surface area contributed by atoms with Gasteiger partial charge in [-0.15, -0.1) is 0 Å². The molecular formula is C28H26N4O3. The van der Waals surface area contributed by atoms with Crippen LogP contribution >= 0.6 is 0 Å². The van der Waals surface area contributed by atoms with Gasteiger partial charge in [-0.3, -0.25) is 4.79 Å². The standard InChI is InChI=1S/C28H26N4O3/c1-32(19-3-18-29)25-13-4-21(5-14-25)8-17-27(33)23-9-11-24(12-10-23)31-28(34)30-20-22-6-15-26(35-2)16-7-22/h4-7,9-16H,3,19-20H2,1-2H3,(H2,30,31,34). The number of benzene rings is 3. The van der Waals surface area contributed by atoms with Gasteiger partial charge in [0.15, 0.2) is 0 Å². The molecule has 0 aliphatic rings. The third kappa shape index (κ3) is 7.66. The first-order valence-electron chi connectivity index (χ1n) is 11.0. The Bertz CT molecular complexity index is 1250. The third-order valence-electron chi connectivity index (χ3n) is 5.20. The molecule has 3 rings (SSSR count). The predicted octanol–water partition coefficient (Wildman–Crippen LogP) is 4.60. The van der Waals surface area contributed by atoms with Gasteiger partial charge in [0.2, 0.25) is 5.78 Å². The van der Waals surface area contributed by atoms with Crippen LogP contribution in [0.3, 0.4) is 0 Å². The Hall–Kier alpha value is -4.75. The molecular weight excluding hydrogens is 440 g/mol. The number of anilines is 2. The molecule has 3 aromatic carbocycles. The first-order valence-corrected chi connectivity index (χ1v) is 11.0. The number of nitrogens with one attached hydrogen (secondary N) is 2. The molecule has 3 aromatic rings. The van der Waals surface area contributed by atoms with Crippen molar-refractivity contribution >= 4 is 23.2 Å². The molecule has 0 aromatic heterocycles. The number of nitrogens with zero attached hydrogens (tertiary/aromatic N) is 2. The van der Waals surface area contributed by atoms with E-state index in [1.54, 1.807) is 31.4 Å². The fourth-order valence-corrected chi connectivity index (χ4v) is 3.15. The van der Waals surface area contributed by atoms with E-state index in [1.165, 1.54) is 0 Å². The van der Waals surface area contributed by atoms with Crippen molar-refractivity contribution in [2.24, 2.45) is 0 Å². The molecule has 0 radical (unpaired) electrons. The second-order valence-corrected chi connectivity index (χ2v) is 7.69. The van der Waals surface area contributed by atoms with Crippen LogP contribution in [0.15, 0.2) is 72.8 Å². The van der Waals surface area contributed by atoms with Crippen molar-refractivity contribution in [1.29, 1.82) is 5.26 Å². The van der Waals surface area contributed by atoms with Crippen molar-refractivity contribution in [3.8, 4) is 23.7 Å². The van der Waals surface area contributed by atoms with E-state index in [1.807, 2.05) is 60.5 Å². The first-order chi connectivity index (χ1) is 17.0. The summed E-state index contributed by atoms with van der Waals surface area (Å²) in [6.07, 6.45) is 0.454. The molecule has 0 fully saturated rings. The minimum atomic E-state index is -0.346. The van der Waals surface area contributed by atoms with Crippen LogP contribution in [-0.2, 0) is 6.54 Å². The van der Waals surface area contributed by atoms with Gasteiger partial charge in [0.1, 0.15) is 5.75 Å². The zero-order valence-corrected chi connectivity index (χ0v) is 19.7. The minimum Gasteiger partial charge on any atom is -0.497 e. The number of nitriles is 1. The Morgan fingerprint density at radius 2 is 1.66 bits per heavy atom. The van der Waals surface area contributed by atoms with Crippen molar-refractivity contribution in [1.82, 2.24) is 5.32 Å². The summed E-state index contributed by atoms with van der Waals surface area (Å²) >= 11 is 0. The maximum Gasteiger partial charge on any atom is 0.319 e. The third-order valence-corrected chi connectivity index (χ3v) is 5.20. The lowest BCUT2D eigenvalue weighted by atomic mass is 10.1. The molecule has 2 N–H and O–H groups in total. The second kappa shape index (κ2) is 12.5. The van der Waals surface area contributed by atoms with Crippen molar-refractivity contribution in [3.63, 3.8) is 0 Å². The maximum absolute atomic E-state index is 12.4. The van der Waals surface area contributed by atoms with Crippen molar-refractivity contribution in [2.75, 3.05) is 30.9 Å². The van der Waals surface area contributed by atoms with Crippen LogP contribution in [0.5, 0.6) is 5.75 Å². The van der Waals surface area contributed by atoms with Crippen LogP contribution in [0.1, 0.15) is 27.9 Å². The second-order valence-electron chi connectivity index (χ2n) is 7.69. The lowest BCUT2D eigenvalue weighted by molar-refractivity contribution is 0.105. The van der Waals surface area contributed by atoms with Crippen LogP contribution in [0.4, 0.5) is 16.2 Å². The van der Waals surface area contributed by atoms with Crippen LogP contribution in [0.2, 0.25) is 0 Å². The zero-order valence-electron chi connectivity index (χ0n) is 19.7. The Kier molecular flexibility index (Phi) is 8.87.